The third-order valence-corrected chi connectivity index (χ3v) is 3.79. The van der Waals surface area contributed by atoms with Gasteiger partial charge in [-0.25, -0.2) is 0 Å². The summed E-state index contributed by atoms with van der Waals surface area (Å²) >= 11 is 0. The van der Waals surface area contributed by atoms with E-state index in [-0.39, 0.29) is 0 Å². The van der Waals surface area contributed by atoms with Crippen molar-refractivity contribution < 1.29 is 9.47 Å². The van der Waals surface area contributed by atoms with Gasteiger partial charge < -0.3 is 20.9 Å². The SMILES string of the molecule is Nc1cccc(OCCCCCCCCOc2cccc(N)c2)c1. The van der Waals surface area contributed by atoms with Crippen LogP contribution in [0.2, 0.25) is 0 Å². The molecule has 4 nitrogen and oxygen atoms in total. The van der Waals surface area contributed by atoms with Gasteiger partial charge in [-0.2, -0.15) is 0 Å². The number of benzene rings is 2. The summed E-state index contributed by atoms with van der Waals surface area (Å²) < 4.78 is 11.4. The minimum absolute atomic E-state index is 0.743. The molecule has 0 aliphatic heterocycles. The number of ether oxygens (including phenoxy) is 2. The second-order valence-electron chi connectivity index (χ2n) is 5.96. The fourth-order valence-electron chi connectivity index (χ4n) is 2.50. The molecule has 0 amide bonds. The molecule has 0 aromatic heterocycles. The molecule has 2 aromatic carbocycles. The monoisotopic (exact) mass is 328 g/mol. The number of anilines is 2. The molecular weight excluding hydrogens is 300 g/mol. The molecule has 24 heavy (non-hydrogen) atoms. The molecule has 0 bridgehead atoms. The third-order valence-electron chi connectivity index (χ3n) is 3.79. The summed E-state index contributed by atoms with van der Waals surface area (Å²) in [7, 11) is 0. The molecule has 0 atom stereocenters. The Labute approximate surface area is 144 Å². The van der Waals surface area contributed by atoms with Crippen LogP contribution in [0.3, 0.4) is 0 Å². The van der Waals surface area contributed by atoms with Crippen LogP contribution < -0.4 is 20.9 Å². The van der Waals surface area contributed by atoms with Crippen molar-refractivity contribution in [3.8, 4) is 11.5 Å². The molecule has 0 aliphatic carbocycles. The van der Waals surface area contributed by atoms with Crippen LogP contribution in [-0.2, 0) is 0 Å². The smallest absolute Gasteiger partial charge is 0.121 e. The van der Waals surface area contributed by atoms with E-state index in [1.54, 1.807) is 0 Å². The van der Waals surface area contributed by atoms with Crippen molar-refractivity contribution in [3.05, 3.63) is 48.5 Å². The van der Waals surface area contributed by atoms with Gasteiger partial charge in [-0.15, -0.1) is 0 Å². The molecule has 0 saturated heterocycles. The predicted octanol–water partition coefficient (Wildman–Crippen LogP) is 4.65. The lowest BCUT2D eigenvalue weighted by molar-refractivity contribution is 0.297. The first-order chi connectivity index (χ1) is 11.7. The average Bonchev–Trinajstić information content (AvgIpc) is 2.57. The number of nitrogens with two attached hydrogens (primary N) is 2. The van der Waals surface area contributed by atoms with E-state index in [1.807, 2.05) is 48.5 Å². The summed E-state index contributed by atoms with van der Waals surface area (Å²) in [5.74, 6) is 1.71. The Morgan fingerprint density at radius 2 is 1.00 bits per heavy atom. The van der Waals surface area contributed by atoms with Gasteiger partial charge in [0.1, 0.15) is 11.5 Å². The van der Waals surface area contributed by atoms with E-state index < -0.39 is 0 Å². The van der Waals surface area contributed by atoms with Crippen molar-refractivity contribution in [1.29, 1.82) is 0 Å². The normalized spacial score (nSPS) is 10.5. The number of nitrogen functional groups attached to an aromatic ring is 2. The lowest BCUT2D eigenvalue weighted by atomic mass is 10.1. The Morgan fingerprint density at radius 1 is 0.583 bits per heavy atom. The first kappa shape index (κ1) is 18.0. The highest BCUT2D eigenvalue weighted by Gasteiger charge is 1.97. The van der Waals surface area contributed by atoms with Crippen LogP contribution in [0.1, 0.15) is 38.5 Å². The van der Waals surface area contributed by atoms with Gasteiger partial charge >= 0.3 is 0 Å². The van der Waals surface area contributed by atoms with Crippen molar-refractivity contribution in [1.82, 2.24) is 0 Å². The fourth-order valence-corrected chi connectivity index (χ4v) is 2.50. The van der Waals surface area contributed by atoms with Gasteiger partial charge in [-0.1, -0.05) is 37.8 Å². The van der Waals surface area contributed by atoms with Gasteiger partial charge in [-0.3, -0.25) is 0 Å². The van der Waals surface area contributed by atoms with E-state index in [1.165, 1.54) is 25.7 Å². The molecule has 0 unspecified atom stereocenters. The van der Waals surface area contributed by atoms with Gasteiger partial charge in [0.05, 0.1) is 13.2 Å². The minimum atomic E-state index is 0.743. The molecule has 0 radical (unpaired) electrons. The second kappa shape index (κ2) is 10.4. The first-order valence-corrected chi connectivity index (χ1v) is 8.71. The number of rotatable bonds is 11. The van der Waals surface area contributed by atoms with E-state index in [9.17, 15) is 0 Å². The van der Waals surface area contributed by atoms with Crippen molar-refractivity contribution in [3.63, 3.8) is 0 Å². The van der Waals surface area contributed by atoms with Crippen LogP contribution in [0, 0.1) is 0 Å². The fraction of sp³-hybridized carbons (Fsp3) is 0.400. The summed E-state index contributed by atoms with van der Waals surface area (Å²) in [6.45, 7) is 1.50. The Kier molecular flexibility index (Phi) is 7.81. The summed E-state index contributed by atoms with van der Waals surface area (Å²) in [5.41, 5.74) is 12.9. The van der Waals surface area contributed by atoms with Gasteiger partial charge in [-0.05, 0) is 37.1 Å². The highest BCUT2D eigenvalue weighted by atomic mass is 16.5. The van der Waals surface area contributed by atoms with Crippen molar-refractivity contribution in [2.24, 2.45) is 0 Å². The van der Waals surface area contributed by atoms with Crippen LogP contribution in [0.5, 0.6) is 11.5 Å². The molecule has 0 saturated carbocycles. The highest BCUT2D eigenvalue weighted by molar-refractivity contribution is 5.44. The van der Waals surface area contributed by atoms with E-state index in [0.717, 1.165) is 48.9 Å². The lowest BCUT2D eigenvalue weighted by Crippen LogP contribution is -1.99. The zero-order valence-electron chi connectivity index (χ0n) is 14.2. The zero-order chi connectivity index (χ0) is 17.0. The molecule has 0 fully saturated rings. The quantitative estimate of drug-likeness (QED) is 0.465. The Balaban J connectivity index is 1.42. The van der Waals surface area contributed by atoms with E-state index in [4.69, 9.17) is 20.9 Å². The second-order valence-corrected chi connectivity index (χ2v) is 5.96. The van der Waals surface area contributed by atoms with E-state index in [0.29, 0.717) is 0 Å². The lowest BCUT2D eigenvalue weighted by Gasteiger charge is -2.07. The molecule has 0 spiro atoms. The molecular formula is C20H28N2O2. The van der Waals surface area contributed by atoms with Crippen LogP contribution in [0.15, 0.2) is 48.5 Å². The van der Waals surface area contributed by atoms with Crippen molar-refractivity contribution in [2.75, 3.05) is 24.7 Å². The maximum atomic E-state index is 5.72. The van der Waals surface area contributed by atoms with Crippen molar-refractivity contribution in [2.45, 2.75) is 38.5 Å². The minimum Gasteiger partial charge on any atom is -0.494 e. The summed E-state index contributed by atoms with van der Waals surface area (Å²) in [6, 6.07) is 15.2. The van der Waals surface area contributed by atoms with Gasteiger partial charge in [0.2, 0.25) is 0 Å². The Hall–Kier alpha value is -2.36. The largest absolute Gasteiger partial charge is 0.494 e. The van der Waals surface area contributed by atoms with Crippen LogP contribution >= 0.6 is 0 Å². The Morgan fingerprint density at radius 3 is 1.42 bits per heavy atom. The third kappa shape index (κ3) is 7.27. The summed E-state index contributed by atoms with van der Waals surface area (Å²) in [5, 5.41) is 0. The molecule has 4 heteroatoms. The molecule has 0 heterocycles. The number of unbranched alkanes of at least 4 members (excludes halogenated alkanes) is 5. The van der Waals surface area contributed by atoms with Gasteiger partial charge in [0.25, 0.3) is 0 Å². The number of hydrogen-bond donors (Lipinski definition) is 2. The standard InChI is InChI=1S/C20H28N2O2/c21-17-9-7-11-19(15-17)23-13-5-3-1-2-4-6-14-24-20-12-8-10-18(22)16-20/h7-12,15-16H,1-6,13-14,21-22H2. The molecule has 4 N–H and O–H groups in total. The highest BCUT2D eigenvalue weighted by Crippen LogP contribution is 2.16. The maximum absolute atomic E-state index is 5.72. The van der Waals surface area contributed by atoms with Crippen molar-refractivity contribution >= 4 is 11.4 Å². The van der Waals surface area contributed by atoms with Crippen LogP contribution in [0.25, 0.3) is 0 Å². The van der Waals surface area contributed by atoms with E-state index in [2.05, 4.69) is 0 Å². The average molecular weight is 328 g/mol. The van der Waals surface area contributed by atoms with Crippen LogP contribution in [0.4, 0.5) is 11.4 Å². The zero-order valence-corrected chi connectivity index (χ0v) is 14.2. The predicted molar refractivity (Wildman–Crippen MR) is 100 cm³/mol. The van der Waals surface area contributed by atoms with Crippen LogP contribution in [-0.4, -0.2) is 13.2 Å². The molecule has 2 aromatic rings. The molecule has 2 rings (SSSR count). The van der Waals surface area contributed by atoms with E-state index >= 15 is 0 Å². The topological polar surface area (TPSA) is 70.5 Å². The molecule has 130 valence electrons. The first-order valence-electron chi connectivity index (χ1n) is 8.71. The summed E-state index contributed by atoms with van der Waals surface area (Å²) in [6.07, 6.45) is 7.01. The van der Waals surface area contributed by atoms with Gasteiger partial charge in [0, 0.05) is 23.5 Å². The Bertz CT molecular complexity index is 548. The van der Waals surface area contributed by atoms with Gasteiger partial charge in [0.15, 0.2) is 0 Å². The maximum Gasteiger partial charge on any atom is 0.121 e. The number of hydrogen-bond acceptors (Lipinski definition) is 4. The molecule has 0 aliphatic rings. The summed E-state index contributed by atoms with van der Waals surface area (Å²) in [4.78, 5) is 0.